The molecular formula is C25H25F2NO2. The lowest BCUT2D eigenvalue weighted by Crippen LogP contribution is -2.00. The molecule has 1 N–H and O–H groups in total. The second kappa shape index (κ2) is 10.1. The van der Waals surface area contributed by atoms with Crippen LogP contribution in [0, 0.1) is 11.6 Å². The van der Waals surface area contributed by atoms with Gasteiger partial charge in [-0.2, -0.15) is 4.39 Å². The van der Waals surface area contributed by atoms with Gasteiger partial charge in [0.1, 0.15) is 6.61 Å². The summed E-state index contributed by atoms with van der Waals surface area (Å²) in [5.74, 6) is -2.17. The van der Waals surface area contributed by atoms with Crippen molar-refractivity contribution in [3.8, 4) is 17.0 Å². The van der Waals surface area contributed by atoms with Crippen LogP contribution in [0.1, 0.15) is 31.7 Å². The van der Waals surface area contributed by atoms with Crippen molar-refractivity contribution < 1.29 is 18.6 Å². The third-order valence-corrected chi connectivity index (χ3v) is 4.70. The molecule has 5 heteroatoms. The number of ether oxygens (including phenoxy) is 1. The van der Waals surface area contributed by atoms with Crippen LogP contribution in [-0.4, -0.2) is 22.8 Å². The number of halogens is 2. The number of fused-ring (bicyclic) bond motifs is 1. The van der Waals surface area contributed by atoms with Crippen LogP contribution < -0.4 is 4.74 Å². The van der Waals surface area contributed by atoms with Crippen LogP contribution in [0.2, 0.25) is 0 Å². The second-order valence-corrected chi connectivity index (χ2v) is 7.17. The minimum atomic E-state index is -1.03. The van der Waals surface area contributed by atoms with Crippen molar-refractivity contribution in [3.63, 3.8) is 0 Å². The fourth-order valence-corrected chi connectivity index (χ4v) is 3.14. The summed E-state index contributed by atoms with van der Waals surface area (Å²) in [7, 11) is 0. The van der Waals surface area contributed by atoms with E-state index in [2.05, 4.69) is 17.6 Å². The quantitative estimate of drug-likeness (QED) is 0.333. The van der Waals surface area contributed by atoms with E-state index in [1.54, 1.807) is 13.0 Å². The van der Waals surface area contributed by atoms with E-state index in [9.17, 15) is 13.9 Å². The van der Waals surface area contributed by atoms with Crippen molar-refractivity contribution in [2.75, 3.05) is 6.61 Å². The highest BCUT2D eigenvalue weighted by Gasteiger charge is 2.16. The van der Waals surface area contributed by atoms with Crippen molar-refractivity contribution in [3.05, 3.63) is 78.4 Å². The summed E-state index contributed by atoms with van der Waals surface area (Å²) in [5.41, 5.74) is 2.18. The topological polar surface area (TPSA) is 42.4 Å². The van der Waals surface area contributed by atoms with Crippen LogP contribution in [0.5, 0.6) is 5.75 Å². The maximum absolute atomic E-state index is 14.5. The Hall–Kier alpha value is -3.05. The van der Waals surface area contributed by atoms with Gasteiger partial charge in [0.05, 0.1) is 17.3 Å². The van der Waals surface area contributed by atoms with E-state index in [1.807, 2.05) is 30.3 Å². The Labute approximate surface area is 175 Å². The Morgan fingerprint density at radius 1 is 1.13 bits per heavy atom. The fraction of sp³-hybridized carbons (Fsp3) is 0.240. The van der Waals surface area contributed by atoms with Crippen LogP contribution in [0.25, 0.3) is 28.2 Å². The number of aliphatic hydroxyl groups excluding tert-OH is 1. The first-order valence-electron chi connectivity index (χ1n) is 9.97. The van der Waals surface area contributed by atoms with Crippen LogP contribution in [0.3, 0.4) is 0 Å². The van der Waals surface area contributed by atoms with Gasteiger partial charge in [0.15, 0.2) is 11.6 Å². The highest BCUT2D eigenvalue weighted by atomic mass is 19.2. The minimum Gasteiger partial charge on any atom is -0.486 e. The summed E-state index contributed by atoms with van der Waals surface area (Å²) in [4.78, 5) is 4.49. The minimum absolute atomic E-state index is 0.0856. The lowest BCUT2D eigenvalue weighted by molar-refractivity contribution is 0.182. The summed E-state index contributed by atoms with van der Waals surface area (Å²) in [6.45, 7) is 5.38. The summed E-state index contributed by atoms with van der Waals surface area (Å²) >= 11 is 0. The van der Waals surface area contributed by atoms with Crippen molar-refractivity contribution in [2.45, 2.75) is 32.3 Å². The maximum Gasteiger partial charge on any atom is 0.201 e. The number of pyridine rings is 1. The Bertz CT molecular complexity index is 1060. The van der Waals surface area contributed by atoms with E-state index in [4.69, 9.17) is 4.74 Å². The number of aliphatic hydroxyl groups is 1. The number of rotatable bonds is 9. The summed E-state index contributed by atoms with van der Waals surface area (Å²) in [5, 5.41) is 10.2. The van der Waals surface area contributed by atoms with E-state index in [1.165, 1.54) is 18.2 Å². The van der Waals surface area contributed by atoms with Crippen LogP contribution in [0.4, 0.5) is 8.78 Å². The Balaban J connectivity index is 1.80. The van der Waals surface area contributed by atoms with E-state index in [-0.39, 0.29) is 24.0 Å². The third kappa shape index (κ3) is 5.30. The zero-order chi connectivity index (χ0) is 21.5. The standard InChI is InChI=1S/C25H25F2NO2/c1-3-15-30-23-14-11-20(24(26)25(23)27)22-13-10-19-16-18(9-12-21(19)28-22)8-6-4-5-7-17(2)29/h3,6,8-14,16-17,29H,1,4-5,7,15H2,2H3/b8-6+. The highest BCUT2D eigenvalue weighted by molar-refractivity contribution is 5.84. The number of nitrogens with zero attached hydrogens (tertiary/aromatic N) is 1. The molecule has 1 atom stereocenters. The number of allylic oxidation sites excluding steroid dienone is 1. The van der Waals surface area contributed by atoms with Crippen LogP contribution in [0.15, 0.2) is 61.2 Å². The molecule has 3 rings (SSSR count). The molecule has 0 amide bonds. The molecule has 0 aliphatic carbocycles. The van der Waals surface area contributed by atoms with Gasteiger partial charge in [0.25, 0.3) is 0 Å². The fourth-order valence-electron chi connectivity index (χ4n) is 3.14. The molecule has 1 heterocycles. The number of unbranched alkanes of at least 4 members (excludes halogenated alkanes) is 1. The smallest absolute Gasteiger partial charge is 0.201 e. The van der Waals surface area contributed by atoms with E-state index in [0.717, 1.165) is 30.2 Å². The van der Waals surface area contributed by atoms with E-state index >= 15 is 0 Å². The molecule has 1 unspecified atom stereocenters. The van der Waals surface area contributed by atoms with Gasteiger partial charge in [-0.1, -0.05) is 36.9 Å². The molecule has 156 valence electrons. The third-order valence-electron chi connectivity index (χ3n) is 4.70. The molecule has 0 saturated carbocycles. The van der Waals surface area contributed by atoms with Crippen molar-refractivity contribution in [2.24, 2.45) is 0 Å². The average Bonchev–Trinajstić information content (AvgIpc) is 2.74. The van der Waals surface area contributed by atoms with E-state index in [0.29, 0.717) is 11.2 Å². The van der Waals surface area contributed by atoms with Gasteiger partial charge in [0.2, 0.25) is 5.82 Å². The second-order valence-electron chi connectivity index (χ2n) is 7.17. The molecule has 0 fully saturated rings. The summed E-state index contributed by atoms with van der Waals surface area (Å²) < 4.78 is 33.9. The van der Waals surface area contributed by atoms with Gasteiger partial charge < -0.3 is 9.84 Å². The van der Waals surface area contributed by atoms with Crippen molar-refractivity contribution in [1.82, 2.24) is 4.98 Å². The molecule has 2 aromatic carbocycles. The summed E-state index contributed by atoms with van der Waals surface area (Å²) in [6, 6.07) is 12.2. The number of hydrogen-bond acceptors (Lipinski definition) is 3. The molecule has 3 nitrogen and oxygen atoms in total. The van der Waals surface area contributed by atoms with Crippen molar-refractivity contribution in [1.29, 1.82) is 0 Å². The largest absolute Gasteiger partial charge is 0.486 e. The first-order chi connectivity index (χ1) is 14.5. The molecule has 0 aliphatic heterocycles. The predicted octanol–water partition coefficient (Wildman–Crippen LogP) is 6.31. The SMILES string of the molecule is C=CCOc1ccc(-c2ccc3cc(/C=C/CCCC(C)O)ccc3n2)c(F)c1F. The lowest BCUT2D eigenvalue weighted by Gasteiger charge is -2.09. The number of aromatic nitrogens is 1. The van der Waals surface area contributed by atoms with Gasteiger partial charge in [-0.25, -0.2) is 9.37 Å². The molecule has 0 saturated heterocycles. The zero-order valence-corrected chi connectivity index (χ0v) is 16.9. The van der Waals surface area contributed by atoms with Crippen LogP contribution >= 0.6 is 0 Å². The molecular weight excluding hydrogens is 384 g/mol. The van der Waals surface area contributed by atoms with Gasteiger partial charge >= 0.3 is 0 Å². The number of hydrogen-bond donors (Lipinski definition) is 1. The van der Waals surface area contributed by atoms with Crippen molar-refractivity contribution >= 4 is 17.0 Å². The normalized spacial score (nSPS) is 12.4. The molecule has 0 bridgehead atoms. The van der Waals surface area contributed by atoms with E-state index < -0.39 is 11.6 Å². The van der Waals surface area contributed by atoms with Crippen LogP contribution in [-0.2, 0) is 0 Å². The molecule has 30 heavy (non-hydrogen) atoms. The Morgan fingerprint density at radius 2 is 1.97 bits per heavy atom. The average molecular weight is 409 g/mol. The first kappa shape index (κ1) is 21.7. The Kier molecular flexibility index (Phi) is 7.31. The predicted molar refractivity (Wildman–Crippen MR) is 117 cm³/mol. The molecule has 1 aromatic heterocycles. The Morgan fingerprint density at radius 3 is 2.73 bits per heavy atom. The highest BCUT2D eigenvalue weighted by Crippen LogP contribution is 2.30. The lowest BCUT2D eigenvalue weighted by atomic mass is 10.1. The molecule has 0 aliphatic rings. The van der Waals surface area contributed by atoms with Gasteiger partial charge in [0, 0.05) is 10.9 Å². The summed E-state index contributed by atoms with van der Waals surface area (Å²) in [6.07, 6.45) is 7.94. The number of benzene rings is 2. The van der Waals surface area contributed by atoms with Gasteiger partial charge in [-0.15, -0.1) is 0 Å². The molecule has 0 spiro atoms. The zero-order valence-electron chi connectivity index (χ0n) is 16.9. The molecule has 0 radical (unpaired) electrons. The monoisotopic (exact) mass is 409 g/mol. The molecule has 3 aromatic rings. The first-order valence-corrected chi connectivity index (χ1v) is 9.97. The maximum atomic E-state index is 14.5. The van der Waals surface area contributed by atoms with Gasteiger partial charge in [-0.3, -0.25) is 0 Å². The van der Waals surface area contributed by atoms with Gasteiger partial charge in [-0.05, 0) is 62.1 Å².